The second-order valence-corrected chi connectivity index (χ2v) is 2.76. The SMILES string of the molecule is O=c1ncc2c3c(ncnc3n1)N=C2. The van der Waals surface area contributed by atoms with Crippen LogP contribution < -0.4 is 5.69 Å². The number of hydrogen-bond donors (Lipinski definition) is 0. The van der Waals surface area contributed by atoms with E-state index in [1.807, 2.05) is 0 Å². The highest BCUT2D eigenvalue weighted by molar-refractivity contribution is 6.06. The van der Waals surface area contributed by atoms with E-state index in [0.717, 1.165) is 5.56 Å². The van der Waals surface area contributed by atoms with E-state index in [2.05, 4.69) is 24.9 Å². The molecule has 14 heavy (non-hydrogen) atoms. The van der Waals surface area contributed by atoms with Crippen molar-refractivity contribution in [2.45, 2.75) is 0 Å². The zero-order valence-corrected chi connectivity index (χ0v) is 6.88. The van der Waals surface area contributed by atoms with Crippen molar-refractivity contribution in [2.24, 2.45) is 4.99 Å². The van der Waals surface area contributed by atoms with Crippen LogP contribution in [0.15, 0.2) is 22.3 Å². The van der Waals surface area contributed by atoms with Gasteiger partial charge in [-0.05, 0) is 0 Å². The number of rotatable bonds is 0. The van der Waals surface area contributed by atoms with Gasteiger partial charge in [-0.3, -0.25) is 0 Å². The Morgan fingerprint density at radius 2 is 2.07 bits per heavy atom. The molecule has 6 nitrogen and oxygen atoms in total. The van der Waals surface area contributed by atoms with Crippen LogP contribution in [0.3, 0.4) is 0 Å². The van der Waals surface area contributed by atoms with Crippen molar-refractivity contribution in [3.05, 3.63) is 28.6 Å². The Morgan fingerprint density at radius 1 is 1.14 bits per heavy atom. The normalized spacial score (nSPS) is 12.3. The van der Waals surface area contributed by atoms with Gasteiger partial charge in [-0.25, -0.2) is 19.8 Å². The third-order valence-electron chi connectivity index (χ3n) is 1.94. The van der Waals surface area contributed by atoms with Gasteiger partial charge in [0, 0.05) is 18.0 Å². The molecular formula is C8H3N5O. The van der Waals surface area contributed by atoms with Gasteiger partial charge < -0.3 is 0 Å². The van der Waals surface area contributed by atoms with Crippen LogP contribution in [0.4, 0.5) is 5.82 Å². The van der Waals surface area contributed by atoms with E-state index in [1.54, 1.807) is 6.21 Å². The van der Waals surface area contributed by atoms with Crippen LogP contribution in [0.2, 0.25) is 0 Å². The van der Waals surface area contributed by atoms with E-state index < -0.39 is 5.69 Å². The monoisotopic (exact) mass is 185 g/mol. The summed E-state index contributed by atoms with van der Waals surface area (Å²) in [5.74, 6) is 0.537. The fourth-order valence-electron chi connectivity index (χ4n) is 1.35. The van der Waals surface area contributed by atoms with Crippen LogP contribution in [0.5, 0.6) is 0 Å². The van der Waals surface area contributed by atoms with Crippen molar-refractivity contribution in [1.82, 2.24) is 19.9 Å². The van der Waals surface area contributed by atoms with Crippen LogP contribution in [0, 0.1) is 0 Å². The fraction of sp³-hybridized carbons (Fsp3) is 0. The maximum absolute atomic E-state index is 11.0. The first-order valence-corrected chi connectivity index (χ1v) is 3.91. The Bertz CT molecular complexity index is 622. The van der Waals surface area contributed by atoms with Gasteiger partial charge in [-0.15, -0.1) is 0 Å². The van der Waals surface area contributed by atoms with Gasteiger partial charge in [0.2, 0.25) is 0 Å². The molecule has 66 valence electrons. The average Bonchev–Trinajstić information content (AvgIpc) is 2.51. The lowest BCUT2D eigenvalue weighted by Crippen LogP contribution is -2.05. The maximum atomic E-state index is 11.0. The van der Waals surface area contributed by atoms with E-state index >= 15 is 0 Å². The van der Waals surface area contributed by atoms with Crippen LogP contribution in [0.1, 0.15) is 5.56 Å². The Labute approximate surface area is 77.4 Å². The first-order chi connectivity index (χ1) is 6.84. The van der Waals surface area contributed by atoms with Crippen molar-refractivity contribution < 1.29 is 0 Å². The second-order valence-electron chi connectivity index (χ2n) is 2.76. The molecule has 1 aliphatic rings. The maximum Gasteiger partial charge on any atom is 0.369 e. The van der Waals surface area contributed by atoms with Crippen molar-refractivity contribution >= 4 is 23.1 Å². The Kier molecular flexibility index (Phi) is 1.22. The molecule has 0 aliphatic carbocycles. The van der Waals surface area contributed by atoms with Crippen LogP contribution in [-0.2, 0) is 0 Å². The smallest absolute Gasteiger partial charge is 0.244 e. The third kappa shape index (κ3) is 0.846. The van der Waals surface area contributed by atoms with Gasteiger partial charge in [0.1, 0.15) is 6.33 Å². The zero-order valence-electron chi connectivity index (χ0n) is 6.88. The molecule has 0 radical (unpaired) electrons. The predicted molar refractivity (Wildman–Crippen MR) is 48.7 cm³/mol. The minimum Gasteiger partial charge on any atom is -0.244 e. The number of aromatic nitrogens is 4. The Balaban J connectivity index is 2.67. The predicted octanol–water partition coefficient (Wildman–Crippen LogP) is -0.156. The largest absolute Gasteiger partial charge is 0.369 e. The van der Waals surface area contributed by atoms with Gasteiger partial charge in [0.25, 0.3) is 0 Å². The van der Waals surface area contributed by atoms with Crippen LogP contribution >= 0.6 is 0 Å². The summed E-state index contributed by atoms with van der Waals surface area (Å²) < 4.78 is 0. The highest BCUT2D eigenvalue weighted by atomic mass is 16.1. The van der Waals surface area contributed by atoms with E-state index in [-0.39, 0.29) is 0 Å². The molecule has 0 atom stereocenters. The molecule has 0 amide bonds. The Morgan fingerprint density at radius 3 is 3.00 bits per heavy atom. The molecule has 6 heteroatoms. The van der Waals surface area contributed by atoms with Gasteiger partial charge >= 0.3 is 5.69 Å². The van der Waals surface area contributed by atoms with Crippen molar-refractivity contribution in [1.29, 1.82) is 0 Å². The summed E-state index contributed by atoms with van der Waals surface area (Å²) in [6, 6.07) is 0. The summed E-state index contributed by atoms with van der Waals surface area (Å²) in [7, 11) is 0. The summed E-state index contributed by atoms with van der Waals surface area (Å²) in [4.78, 5) is 30.2. The van der Waals surface area contributed by atoms with E-state index in [4.69, 9.17) is 0 Å². The summed E-state index contributed by atoms with van der Waals surface area (Å²) in [6.07, 6.45) is 4.36. The van der Waals surface area contributed by atoms with E-state index in [1.165, 1.54) is 12.5 Å². The van der Waals surface area contributed by atoms with Gasteiger partial charge in [0.05, 0.1) is 5.39 Å². The molecule has 0 aromatic carbocycles. The third-order valence-corrected chi connectivity index (χ3v) is 1.94. The van der Waals surface area contributed by atoms with Gasteiger partial charge in [0.15, 0.2) is 11.5 Å². The highest BCUT2D eigenvalue weighted by Gasteiger charge is 2.12. The Hall–Kier alpha value is -2.24. The summed E-state index contributed by atoms with van der Waals surface area (Å²) in [6.45, 7) is 0. The quantitative estimate of drug-likeness (QED) is 0.486. The van der Waals surface area contributed by atoms with Crippen molar-refractivity contribution in [3.8, 4) is 0 Å². The first-order valence-electron chi connectivity index (χ1n) is 3.91. The summed E-state index contributed by atoms with van der Waals surface area (Å²) in [5, 5.41) is 0.683. The lowest BCUT2D eigenvalue weighted by atomic mass is 10.2. The minimum atomic E-state index is -0.554. The molecule has 3 heterocycles. The van der Waals surface area contributed by atoms with E-state index in [9.17, 15) is 4.79 Å². The molecule has 0 fully saturated rings. The second kappa shape index (κ2) is 2.38. The number of nitrogens with zero attached hydrogens (tertiary/aromatic N) is 5. The van der Waals surface area contributed by atoms with E-state index in [0.29, 0.717) is 16.9 Å². The molecule has 0 unspecified atom stereocenters. The molecule has 2 aromatic rings. The standard InChI is InChI=1S/C8H3N5O/c14-8-10-2-4-1-9-6-5(4)7(13-8)12-3-11-6/h1-3H. The molecular weight excluding hydrogens is 182 g/mol. The van der Waals surface area contributed by atoms with Crippen molar-refractivity contribution in [3.63, 3.8) is 0 Å². The molecule has 0 N–H and O–H groups in total. The van der Waals surface area contributed by atoms with Gasteiger partial charge in [-0.2, -0.15) is 9.97 Å². The highest BCUT2D eigenvalue weighted by Crippen LogP contribution is 2.26. The van der Waals surface area contributed by atoms with Crippen LogP contribution in [0.25, 0.3) is 11.0 Å². The molecule has 0 spiro atoms. The average molecular weight is 185 g/mol. The molecule has 1 aliphatic heterocycles. The summed E-state index contributed by atoms with van der Waals surface area (Å²) >= 11 is 0. The minimum absolute atomic E-state index is 0.338. The first kappa shape index (κ1) is 7.19. The topological polar surface area (TPSA) is 81.0 Å². The van der Waals surface area contributed by atoms with Crippen molar-refractivity contribution in [2.75, 3.05) is 0 Å². The summed E-state index contributed by atoms with van der Waals surface area (Å²) in [5.41, 5.74) is 0.511. The zero-order chi connectivity index (χ0) is 9.54. The molecule has 0 bridgehead atoms. The molecule has 0 saturated carbocycles. The number of hydrogen-bond acceptors (Lipinski definition) is 6. The van der Waals surface area contributed by atoms with Crippen LogP contribution in [-0.4, -0.2) is 26.2 Å². The molecule has 0 saturated heterocycles. The van der Waals surface area contributed by atoms with Gasteiger partial charge in [-0.1, -0.05) is 0 Å². The fourth-order valence-corrected chi connectivity index (χ4v) is 1.35. The lowest BCUT2D eigenvalue weighted by Gasteiger charge is -1.90. The lowest BCUT2D eigenvalue weighted by molar-refractivity contribution is 1.11. The molecule has 2 aromatic heterocycles. The number of aliphatic imine (C=N–C) groups is 1. The molecule has 3 rings (SSSR count).